The van der Waals surface area contributed by atoms with Gasteiger partial charge < -0.3 is 23.9 Å². The molecule has 0 spiro atoms. The van der Waals surface area contributed by atoms with Crippen LogP contribution in [-0.4, -0.2) is 77.6 Å². The fraction of sp³-hybridized carbons (Fsp3) is 0.324. The number of furan rings is 1. The van der Waals surface area contributed by atoms with Crippen molar-refractivity contribution in [1.29, 1.82) is 0 Å². The fourth-order valence-electron chi connectivity index (χ4n) is 6.67. The predicted molar refractivity (Wildman–Crippen MR) is 172 cm³/mol. The second-order valence-electron chi connectivity index (χ2n) is 11.6. The molecule has 0 bridgehead atoms. The van der Waals surface area contributed by atoms with Crippen LogP contribution in [0, 0.1) is 0 Å². The molecular weight excluding hydrogens is 562 g/mol. The first-order chi connectivity index (χ1) is 20.9. The Bertz CT molecular complexity index is 1860. The van der Waals surface area contributed by atoms with Crippen molar-refractivity contribution in [1.82, 2.24) is 19.8 Å². The summed E-state index contributed by atoms with van der Waals surface area (Å²) in [6, 6.07) is 17.0. The smallest absolute Gasteiger partial charge is 0.319 e. The van der Waals surface area contributed by atoms with Gasteiger partial charge in [-0.2, -0.15) is 9.97 Å². The van der Waals surface area contributed by atoms with Crippen molar-refractivity contribution >= 4 is 56.0 Å². The molecule has 8 nitrogen and oxygen atoms in total. The van der Waals surface area contributed by atoms with E-state index in [-0.39, 0.29) is 11.9 Å². The topological polar surface area (TPSA) is 74.9 Å². The molecule has 0 N–H and O–H groups in total. The summed E-state index contributed by atoms with van der Waals surface area (Å²) in [5, 5.41) is 4.53. The number of halogens is 1. The van der Waals surface area contributed by atoms with Gasteiger partial charge in [0.2, 0.25) is 5.91 Å². The van der Waals surface area contributed by atoms with E-state index in [1.54, 1.807) is 6.26 Å². The molecule has 3 aromatic carbocycles. The van der Waals surface area contributed by atoms with Crippen LogP contribution in [-0.2, 0) is 4.79 Å². The number of aromatic nitrogens is 2. The second kappa shape index (κ2) is 11.2. The van der Waals surface area contributed by atoms with Gasteiger partial charge in [-0.3, -0.25) is 4.79 Å². The lowest BCUT2D eigenvalue weighted by atomic mass is 9.94. The third-order valence-corrected chi connectivity index (χ3v) is 9.28. The largest absolute Gasteiger partial charge is 0.463 e. The molecule has 5 aromatic rings. The van der Waals surface area contributed by atoms with Crippen LogP contribution < -0.4 is 9.64 Å². The molecule has 0 saturated carbocycles. The number of anilines is 1. The molecule has 0 aliphatic carbocycles. The number of benzene rings is 3. The molecule has 1 amide bonds. The second-order valence-corrected chi connectivity index (χ2v) is 12.0. The van der Waals surface area contributed by atoms with Crippen molar-refractivity contribution < 1.29 is 13.9 Å². The van der Waals surface area contributed by atoms with Crippen molar-refractivity contribution in [2.24, 2.45) is 0 Å². The maximum absolute atomic E-state index is 12.4. The third-order valence-electron chi connectivity index (χ3n) is 8.97. The predicted octanol–water partition coefficient (Wildman–Crippen LogP) is 6.55. The summed E-state index contributed by atoms with van der Waals surface area (Å²) in [6.07, 6.45) is 5.34. The number of hydrogen-bond acceptors (Lipinski definition) is 7. The zero-order valence-electron chi connectivity index (χ0n) is 24.4. The monoisotopic (exact) mass is 595 g/mol. The number of likely N-dealkylation sites (tertiary alicyclic amines) is 1. The first kappa shape index (κ1) is 27.7. The van der Waals surface area contributed by atoms with Gasteiger partial charge in [0.05, 0.1) is 17.2 Å². The fourth-order valence-corrected chi connectivity index (χ4v) is 6.96. The van der Waals surface area contributed by atoms with E-state index < -0.39 is 0 Å². The van der Waals surface area contributed by atoms with E-state index in [4.69, 9.17) is 30.7 Å². The first-order valence-electron chi connectivity index (χ1n) is 14.8. The summed E-state index contributed by atoms with van der Waals surface area (Å²) in [4.78, 5) is 28.8. The Kier molecular flexibility index (Phi) is 7.19. The lowest BCUT2D eigenvalue weighted by Crippen LogP contribution is -2.53. The van der Waals surface area contributed by atoms with Crippen LogP contribution in [0.3, 0.4) is 0 Å². The number of nitrogens with zero attached hydrogens (tertiary/aromatic N) is 5. The summed E-state index contributed by atoms with van der Waals surface area (Å²) < 4.78 is 12.5. The summed E-state index contributed by atoms with van der Waals surface area (Å²) >= 11 is 6.77. The number of fused-ring (bicyclic) bond motifs is 4. The lowest BCUT2D eigenvalue weighted by Gasteiger charge is -2.40. The zero-order chi connectivity index (χ0) is 29.7. The average molecular weight is 596 g/mol. The Morgan fingerprint density at radius 2 is 1.95 bits per heavy atom. The Balaban J connectivity index is 1.40. The highest BCUT2D eigenvalue weighted by Gasteiger charge is 2.31. The molecule has 0 radical (unpaired) electrons. The number of likely N-dealkylation sites (N-methyl/N-ethyl adjacent to an activating group) is 1. The minimum absolute atomic E-state index is 0.00567. The van der Waals surface area contributed by atoms with Gasteiger partial charge in [-0.25, -0.2) is 0 Å². The van der Waals surface area contributed by atoms with Crippen molar-refractivity contribution in [2.45, 2.75) is 31.8 Å². The lowest BCUT2D eigenvalue weighted by molar-refractivity contribution is -0.126. The molecule has 220 valence electrons. The molecule has 2 aliphatic heterocycles. The van der Waals surface area contributed by atoms with Crippen LogP contribution in [0.1, 0.15) is 19.8 Å². The number of carbonyl (C=O) groups excluding carboxylic acids is 1. The van der Waals surface area contributed by atoms with Gasteiger partial charge in [0.25, 0.3) is 0 Å². The molecule has 2 saturated heterocycles. The Hall–Kier alpha value is -4.14. The van der Waals surface area contributed by atoms with Crippen LogP contribution in [0.4, 0.5) is 5.82 Å². The average Bonchev–Trinajstić information content (AvgIpc) is 3.67. The van der Waals surface area contributed by atoms with E-state index in [1.165, 1.54) is 6.08 Å². The van der Waals surface area contributed by atoms with Gasteiger partial charge in [-0.1, -0.05) is 48.5 Å². The van der Waals surface area contributed by atoms with Crippen LogP contribution in [0.25, 0.3) is 43.8 Å². The van der Waals surface area contributed by atoms with E-state index >= 15 is 0 Å². The maximum atomic E-state index is 12.4. The van der Waals surface area contributed by atoms with Crippen LogP contribution in [0.5, 0.6) is 6.01 Å². The number of hydrogen-bond donors (Lipinski definition) is 0. The van der Waals surface area contributed by atoms with Crippen LogP contribution >= 0.6 is 11.6 Å². The number of rotatable bonds is 6. The molecule has 0 unspecified atom stereocenters. The molecule has 43 heavy (non-hydrogen) atoms. The van der Waals surface area contributed by atoms with Crippen molar-refractivity contribution in [2.75, 3.05) is 44.7 Å². The van der Waals surface area contributed by atoms with Gasteiger partial charge >= 0.3 is 6.01 Å². The van der Waals surface area contributed by atoms with E-state index in [0.717, 1.165) is 63.4 Å². The molecule has 2 atom stereocenters. The summed E-state index contributed by atoms with van der Waals surface area (Å²) in [7, 11) is 2.13. The van der Waals surface area contributed by atoms with Gasteiger partial charge in [-0.15, -0.1) is 0 Å². The number of ether oxygens (including phenoxy) is 1. The Labute approximate surface area is 255 Å². The Morgan fingerprint density at radius 3 is 2.72 bits per heavy atom. The van der Waals surface area contributed by atoms with E-state index in [9.17, 15) is 4.79 Å². The highest BCUT2D eigenvalue weighted by atomic mass is 35.5. The van der Waals surface area contributed by atoms with Crippen molar-refractivity contribution in [3.8, 4) is 17.1 Å². The molecule has 2 aromatic heterocycles. The highest BCUT2D eigenvalue weighted by molar-refractivity contribution is 6.37. The standard InChI is InChI=1S/C34H34ClN5O3/c1-4-29(41)39-15-16-40(21(2)19-39)33-31-28(36-34(37-33)43-20-23-10-7-14-38(23)3)18-26(25-13-17-42-32(25)31)24-11-5-8-22-9-6-12-27(35)30(22)24/h4-6,8-9,11-13,17-18,21,23H,1,7,10,14-16,19-20H2,2-3H3/t21-,23-/m0/s1. The zero-order valence-corrected chi connectivity index (χ0v) is 25.2. The SMILES string of the molecule is C=CC(=O)N1CCN(c2nc(OC[C@@H]3CCCN3C)nc3cc(-c4cccc5cccc(Cl)c45)c4ccoc4c23)[C@@H](C)C1. The van der Waals surface area contributed by atoms with Crippen molar-refractivity contribution in [3.05, 3.63) is 72.5 Å². The number of piperazine rings is 1. The summed E-state index contributed by atoms with van der Waals surface area (Å²) in [6.45, 7) is 9.10. The molecule has 2 fully saturated rings. The normalized spacial score (nSPS) is 19.5. The minimum Gasteiger partial charge on any atom is -0.463 e. The molecule has 2 aliphatic rings. The minimum atomic E-state index is -0.0597. The van der Waals surface area contributed by atoms with Crippen molar-refractivity contribution in [3.63, 3.8) is 0 Å². The van der Waals surface area contributed by atoms with Gasteiger partial charge in [0, 0.05) is 47.5 Å². The molecule has 7 rings (SSSR count). The van der Waals surface area contributed by atoms with E-state index in [1.807, 2.05) is 29.2 Å². The third kappa shape index (κ3) is 4.88. The molecule has 4 heterocycles. The van der Waals surface area contributed by atoms with E-state index in [0.29, 0.717) is 48.9 Å². The van der Waals surface area contributed by atoms with Gasteiger partial charge in [0.15, 0.2) is 0 Å². The Morgan fingerprint density at radius 1 is 1.12 bits per heavy atom. The van der Waals surface area contributed by atoms with Gasteiger partial charge in [-0.05, 0) is 74.1 Å². The first-order valence-corrected chi connectivity index (χ1v) is 15.2. The maximum Gasteiger partial charge on any atom is 0.319 e. The number of carbonyl (C=O) groups is 1. The summed E-state index contributed by atoms with van der Waals surface area (Å²) in [5.41, 5.74) is 3.44. The molecule has 9 heteroatoms. The number of amides is 1. The summed E-state index contributed by atoms with van der Waals surface area (Å²) in [5.74, 6) is 0.691. The highest BCUT2D eigenvalue weighted by Crippen LogP contribution is 2.43. The van der Waals surface area contributed by atoms with Crippen LogP contribution in [0.15, 0.2) is 71.9 Å². The van der Waals surface area contributed by atoms with Gasteiger partial charge in [0.1, 0.15) is 18.0 Å². The quantitative estimate of drug-likeness (QED) is 0.206. The molecular formula is C34H34ClN5O3. The van der Waals surface area contributed by atoms with Crippen LogP contribution in [0.2, 0.25) is 5.02 Å². The van der Waals surface area contributed by atoms with E-state index in [2.05, 4.69) is 54.6 Å².